The van der Waals surface area contributed by atoms with Crippen LogP contribution in [0.1, 0.15) is 37.0 Å². The number of carbonyl (C=O) groups excluding carboxylic acids is 2. The molecule has 4 rings (SSSR count). The number of rotatable bonds is 5. The number of nitrogens with one attached hydrogen (secondary N) is 3. The lowest BCUT2D eigenvalue weighted by Gasteiger charge is -2.13. The second-order valence-electron chi connectivity index (χ2n) is 8.36. The third-order valence-corrected chi connectivity index (χ3v) is 4.92. The summed E-state index contributed by atoms with van der Waals surface area (Å²) in [6.45, 7) is 5.93. The molecular weight excluding hydrogens is 462 g/mol. The summed E-state index contributed by atoms with van der Waals surface area (Å²) in [5.41, 5.74) is 1.25. The molecule has 3 heterocycles. The predicted octanol–water partition coefficient (Wildman–Crippen LogP) is 4.57. The first kappa shape index (κ1) is 23.1. The Morgan fingerprint density at radius 2 is 1.88 bits per heavy atom. The number of methoxy groups -OCH3 is 1. The van der Waals surface area contributed by atoms with E-state index >= 15 is 0 Å². The van der Waals surface area contributed by atoms with Gasteiger partial charge in [-0.05, 0) is 24.3 Å². The molecule has 12 heteroatoms. The van der Waals surface area contributed by atoms with E-state index in [1.54, 1.807) is 36.4 Å². The molecule has 34 heavy (non-hydrogen) atoms. The molecule has 0 aliphatic rings. The molecule has 0 bridgehead atoms. The second-order valence-corrected chi connectivity index (χ2v) is 8.75. The molecule has 0 radical (unpaired) electrons. The number of anilines is 3. The van der Waals surface area contributed by atoms with Gasteiger partial charge in [-0.3, -0.25) is 10.1 Å². The van der Waals surface area contributed by atoms with E-state index in [0.717, 1.165) is 0 Å². The maximum absolute atomic E-state index is 12.6. The number of carbonyl (C=O) groups is 2. The first-order valence-corrected chi connectivity index (χ1v) is 10.6. The van der Waals surface area contributed by atoms with Crippen LogP contribution in [0.4, 0.5) is 22.0 Å². The van der Waals surface area contributed by atoms with Crippen molar-refractivity contribution < 1.29 is 18.8 Å². The largest absolute Gasteiger partial charge is 0.494 e. The molecular formula is C22H22ClN7O4. The molecule has 3 aromatic heterocycles. The number of hydrogen-bond donors (Lipinski definition) is 3. The van der Waals surface area contributed by atoms with Crippen LogP contribution < -0.4 is 20.7 Å². The van der Waals surface area contributed by atoms with Gasteiger partial charge in [-0.1, -0.05) is 37.5 Å². The van der Waals surface area contributed by atoms with E-state index in [9.17, 15) is 9.59 Å². The molecule has 176 valence electrons. The van der Waals surface area contributed by atoms with Crippen LogP contribution >= 0.6 is 11.6 Å². The van der Waals surface area contributed by atoms with Crippen molar-refractivity contribution in [1.82, 2.24) is 19.8 Å². The van der Waals surface area contributed by atoms with E-state index in [2.05, 4.69) is 31.2 Å². The lowest BCUT2D eigenvalue weighted by Crippen LogP contribution is -2.20. The number of nitrogens with zero attached hydrogens (tertiary/aromatic N) is 4. The van der Waals surface area contributed by atoms with Crippen LogP contribution in [0.25, 0.3) is 5.65 Å². The summed E-state index contributed by atoms with van der Waals surface area (Å²) in [6, 6.07) is 9.18. The van der Waals surface area contributed by atoms with E-state index in [4.69, 9.17) is 20.9 Å². The Morgan fingerprint density at radius 1 is 1.09 bits per heavy atom. The van der Waals surface area contributed by atoms with Crippen LogP contribution in [0.5, 0.6) is 5.75 Å². The number of urea groups is 1. The number of hydrogen-bond acceptors (Lipinski definition) is 7. The Hall–Kier alpha value is -4.12. The van der Waals surface area contributed by atoms with E-state index in [1.807, 2.05) is 20.8 Å². The average Bonchev–Trinajstić information content (AvgIpc) is 3.41. The van der Waals surface area contributed by atoms with E-state index in [1.165, 1.54) is 17.8 Å². The number of imidazole rings is 1. The van der Waals surface area contributed by atoms with Gasteiger partial charge in [0.15, 0.2) is 11.5 Å². The molecule has 1 aromatic carbocycles. The predicted molar refractivity (Wildman–Crippen MR) is 127 cm³/mol. The molecule has 4 aromatic rings. The minimum atomic E-state index is -0.528. The molecule has 11 nitrogen and oxygen atoms in total. The van der Waals surface area contributed by atoms with Crippen LogP contribution in [0.2, 0.25) is 5.15 Å². The molecule has 0 unspecified atom stereocenters. The van der Waals surface area contributed by atoms with Gasteiger partial charge in [0, 0.05) is 23.2 Å². The Morgan fingerprint density at radius 3 is 2.59 bits per heavy atom. The van der Waals surface area contributed by atoms with Crippen LogP contribution in [0.15, 0.2) is 47.1 Å². The highest BCUT2D eigenvalue weighted by Crippen LogP contribution is 2.29. The van der Waals surface area contributed by atoms with Gasteiger partial charge >= 0.3 is 6.03 Å². The van der Waals surface area contributed by atoms with E-state index in [-0.39, 0.29) is 22.1 Å². The Balaban J connectivity index is 1.43. The van der Waals surface area contributed by atoms with Gasteiger partial charge in [0.25, 0.3) is 5.91 Å². The van der Waals surface area contributed by atoms with Gasteiger partial charge < -0.3 is 19.9 Å². The van der Waals surface area contributed by atoms with Crippen LogP contribution in [0.3, 0.4) is 0 Å². The summed E-state index contributed by atoms with van der Waals surface area (Å²) in [5.74, 6) is 0.827. The molecule has 3 amide bonds. The summed E-state index contributed by atoms with van der Waals surface area (Å²) in [5, 5.41) is 16.2. The fraction of sp³-hybridized carbons (Fsp3) is 0.227. The number of fused-ring (bicyclic) bond motifs is 1. The molecule has 0 aliphatic carbocycles. The van der Waals surface area contributed by atoms with Gasteiger partial charge in [0.2, 0.25) is 0 Å². The smallest absolute Gasteiger partial charge is 0.325 e. The van der Waals surface area contributed by atoms with Crippen molar-refractivity contribution in [3.05, 3.63) is 59.2 Å². The number of halogens is 1. The second kappa shape index (κ2) is 9.02. The Bertz CT molecular complexity index is 1370. The summed E-state index contributed by atoms with van der Waals surface area (Å²) < 4.78 is 12.0. The number of amides is 3. The highest BCUT2D eigenvalue weighted by molar-refractivity contribution is 6.29. The number of benzene rings is 1. The normalized spacial score (nSPS) is 11.3. The zero-order valence-corrected chi connectivity index (χ0v) is 19.6. The topological polar surface area (TPSA) is 136 Å². The zero-order chi connectivity index (χ0) is 24.5. The molecule has 0 saturated carbocycles. The summed E-state index contributed by atoms with van der Waals surface area (Å²) >= 11 is 5.87. The van der Waals surface area contributed by atoms with Gasteiger partial charge in [0.05, 0.1) is 19.0 Å². The maximum Gasteiger partial charge on any atom is 0.325 e. The Labute approximate surface area is 199 Å². The highest BCUT2D eigenvalue weighted by atomic mass is 35.5. The van der Waals surface area contributed by atoms with Crippen molar-refractivity contribution >= 4 is 46.4 Å². The molecule has 0 atom stereocenters. The fourth-order valence-electron chi connectivity index (χ4n) is 2.99. The lowest BCUT2D eigenvalue weighted by atomic mass is 9.93. The van der Waals surface area contributed by atoms with Crippen LogP contribution in [-0.2, 0) is 5.41 Å². The third-order valence-electron chi connectivity index (χ3n) is 4.72. The van der Waals surface area contributed by atoms with Crippen molar-refractivity contribution in [2.24, 2.45) is 0 Å². The van der Waals surface area contributed by atoms with Gasteiger partial charge in [-0.2, -0.15) is 5.10 Å². The van der Waals surface area contributed by atoms with Gasteiger partial charge in [-0.15, -0.1) is 0 Å². The van der Waals surface area contributed by atoms with Crippen molar-refractivity contribution in [1.29, 1.82) is 0 Å². The monoisotopic (exact) mass is 483 g/mol. The zero-order valence-electron chi connectivity index (χ0n) is 18.8. The molecule has 3 N–H and O–H groups in total. The van der Waals surface area contributed by atoms with E-state index in [0.29, 0.717) is 28.5 Å². The quantitative estimate of drug-likeness (QED) is 0.378. The van der Waals surface area contributed by atoms with Crippen LogP contribution in [-0.4, -0.2) is 38.8 Å². The third kappa shape index (κ3) is 5.09. The van der Waals surface area contributed by atoms with Crippen LogP contribution in [0, 0.1) is 0 Å². The SMILES string of the molecule is COc1cc(NC(=O)c2cn3nc(Cl)ccc3n2)ccc1NC(=O)Nc1cc(C(C)(C)C)on1. The minimum Gasteiger partial charge on any atom is -0.494 e. The van der Waals surface area contributed by atoms with Crippen molar-refractivity contribution in [2.75, 3.05) is 23.1 Å². The van der Waals surface area contributed by atoms with Gasteiger partial charge in [-0.25, -0.2) is 14.3 Å². The van der Waals surface area contributed by atoms with Crippen molar-refractivity contribution in [2.45, 2.75) is 26.2 Å². The molecule has 0 fully saturated rings. The van der Waals surface area contributed by atoms with Crippen molar-refractivity contribution in [3.8, 4) is 5.75 Å². The summed E-state index contributed by atoms with van der Waals surface area (Å²) in [4.78, 5) is 29.3. The Kier molecular flexibility index (Phi) is 6.12. The fourth-order valence-corrected chi connectivity index (χ4v) is 3.14. The maximum atomic E-state index is 12.6. The first-order valence-electron chi connectivity index (χ1n) is 10.2. The van der Waals surface area contributed by atoms with Crippen molar-refractivity contribution in [3.63, 3.8) is 0 Å². The molecule has 0 aliphatic heterocycles. The van der Waals surface area contributed by atoms with Gasteiger partial charge in [0.1, 0.15) is 22.4 Å². The number of ether oxygens (including phenoxy) is 1. The summed E-state index contributed by atoms with van der Waals surface area (Å²) in [6.07, 6.45) is 1.48. The standard InChI is InChI=1S/C22H22ClN7O4/c1-22(2,3)16-10-18(29-34-16)27-21(32)26-13-6-5-12(9-15(13)33-4)24-20(31)14-11-30-19(25-14)8-7-17(23)28-30/h5-11H,1-4H3,(H,24,31)(H2,26,27,29,32). The molecule has 0 saturated heterocycles. The lowest BCUT2D eigenvalue weighted by molar-refractivity contribution is 0.102. The summed E-state index contributed by atoms with van der Waals surface area (Å²) in [7, 11) is 1.45. The average molecular weight is 484 g/mol. The molecule has 0 spiro atoms. The minimum absolute atomic E-state index is 0.164. The highest BCUT2D eigenvalue weighted by Gasteiger charge is 2.20. The number of aromatic nitrogens is 4. The van der Waals surface area contributed by atoms with E-state index < -0.39 is 11.9 Å². The first-order chi connectivity index (χ1) is 16.1.